The molecule has 21 heavy (non-hydrogen) atoms. The Bertz CT molecular complexity index is 678. The smallest absolute Gasteiger partial charge is 0.322 e. The molecule has 2 rings (SSSR count). The van der Waals surface area contributed by atoms with Crippen LogP contribution in [0.5, 0.6) is 0 Å². The van der Waals surface area contributed by atoms with E-state index in [1.165, 1.54) is 6.92 Å². The van der Waals surface area contributed by atoms with Crippen LogP contribution in [0.2, 0.25) is 0 Å². The fourth-order valence-corrected chi connectivity index (χ4v) is 3.58. The van der Waals surface area contributed by atoms with Crippen molar-refractivity contribution in [3.8, 4) is 0 Å². The summed E-state index contributed by atoms with van der Waals surface area (Å²) in [6.45, 7) is 1.08. The quantitative estimate of drug-likeness (QED) is 0.838. The van der Waals surface area contributed by atoms with Crippen molar-refractivity contribution < 1.29 is 27.1 Å². The highest BCUT2D eigenvalue weighted by Crippen LogP contribution is 2.23. The van der Waals surface area contributed by atoms with Crippen molar-refractivity contribution in [3.63, 3.8) is 0 Å². The first-order valence-corrected chi connectivity index (χ1v) is 7.59. The molecule has 116 valence electrons. The van der Waals surface area contributed by atoms with E-state index >= 15 is 0 Å². The molecule has 1 saturated heterocycles. The van der Waals surface area contributed by atoms with E-state index in [2.05, 4.69) is 5.32 Å². The van der Waals surface area contributed by atoms with Gasteiger partial charge in [-0.25, -0.2) is 17.2 Å². The molecule has 1 atom stereocenters. The summed E-state index contributed by atoms with van der Waals surface area (Å²) in [4.78, 5) is 10.1. The fourth-order valence-electron chi connectivity index (χ4n) is 2.07. The fraction of sp³-hybridized carbons (Fsp3) is 0.417. The number of aliphatic carboxylic acids is 1. The second kappa shape index (κ2) is 5.66. The number of sulfonamides is 1. The Hall–Kier alpha value is -1.58. The van der Waals surface area contributed by atoms with Crippen molar-refractivity contribution in [2.75, 3.05) is 19.6 Å². The summed E-state index contributed by atoms with van der Waals surface area (Å²) in [5.74, 6) is -3.09. The van der Waals surface area contributed by atoms with Crippen molar-refractivity contribution >= 4 is 16.0 Å². The Balaban J connectivity index is 2.38. The Morgan fingerprint density at radius 1 is 1.38 bits per heavy atom. The molecular formula is C12H14F2N2O4S. The van der Waals surface area contributed by atoms with Crippen LogP contribution in [0.1, 0.15) is 5.56 Å². The molecule has 0 aliphatic carbocycles. The lowest BCUT2D eigenvalue weighted by molar-refractivity contribution is -0.140. The first kappa shape index (κ1) is 15.8. The van der Waals surface area contributed by atoms with Crippen LogP contribution in [0.4, 0.5) is 8.78 Å². The number of carbonyl (C=O) groups is 1. The monoisotopic (exact) mass is 320 g/mol. The highest BCUT2D eigenvalue weighted by atomic mass is 32.2. The second-order valence-electron chi connectivity index (χ2n) is 4.74. The lowest BCUT2D eigenvalue weighted by Gasteiger charge is -2.30. The molecular weight excluding hydrogens is 306 g/mol. The Kier molecular flexibility index (Phi) is 4.26. The molecule has 0 radical (unpaired) electrons. The third-order valence-corrected chi connectivity index (χ3v) is 5.15. The average molecular weight is 320 g/mol. The zero-order chi connectivity index (χ0) is 15.8. The van der Waals surface area contributed by atoms with Crippen molar-refractivity contribution in [2.24, 2.45) is 0 Å². The molecule has 1 aliphatic heterocycles. The second-order valence-corrected chi connectivity index (χ2v) is 6.65. The standard InChI is InChI=1S/C12H14F2N2O4S/c1-7-4-9(14)11(5-8(7)13)21(19,20)16-3-2-15-10(6-16)12(17)18/h4-5,10,15H,2-3,6H2,1H3,(H,17,18)/t10-/m0/s1. The van der Waals surface area contributed by atoms with E-state index in [-0.39, 0.29) is 25.2 Å². The maximum Gasteiger partial charge on any atom is 0.322 e. The van der Waals surface area contributed by atoms with Gasteiger partial charge in [0.15, 0.2) is 0 Å². The predicted molar refractivity (Wildman–Crippen MR) is 69.3 cm³/mol. The number of carboxylic acid groups (broad SMARTS) is 1. The Morgan fingerprint density at radius 3 is 2.67 bits per heavy atom. The summed E-state index contributed by atoms with van der Waals surface area (Å²) in [5.41, 5.74) is -0.00447. The maximum absolute atomic E-state index is 13.8. The average Bonchev–Trinajstić information content (AvgIpc) is 2.42. The van der Waals surface area contributed by atoms with Gasteiger partial charge >= 0.3 is 5.97 Å². The summed E-state index contributed by atoms with van der Waals surface area (Å²) < 4.78 is 52.9. The van der Waals surface area contributed by atoms with Gasteiger partial charge in [0.05, 0.1) is 0 Å². The number of benzene rings is 1. The lowest BCUT2D eigenvalue weighted by atomic mass is 10.2. The topological polar surface area (TPSA) is 86.7 Å². The van der Waals surface area contributed by atoms with Gasteiger partial charge in [0.1, 0.15) is 22.6 Å². The molecule has 0 spiro atoms. The van der Waals surface area contributed by atoms with E-state index in [1.54, 1.807) is 0 Å². The molecule has 6 nitrogen and oxygen atoms in total. The van der Waals surface area contributed by atoms with Crippen LogP contribution in [-0.4, -0.2) is 49.5 Å². The molecule has 0 unspecified atom stereocenters. The number of hydrogen-bond donors (Lipinski definition) is 2. The van der Waals surface area contributed by atoms with Gasteiger partial charge in [-0.2, -0.15) is 4.31 Å². The van der Waals surface area contributed by atoms with Gasteiger partial charge in [0.2, 0.25) is 10.0 Å². The van der Waals surface area contributed by atoms with Crippen LogP contribution < -0.4 is 5.32 Å². The molecule has 0 aromatic heterocycles. The molecule has 1 fully saturated rings. The van der Waals surface area contributed by atoms with E-state index in [0.29, 0.717) is 6.07 Å². The summed E-state index contributed by atoms with van der Waals surface area (Å²) in [5, 5.41) is 11.5. The molecule has 2 N–H and O–H groups in total. The van der Waals surface area contributed by atoms with E-state index in [9.17, 15) is 22.0 Å². The Labute approximate surface area is 120 Å². The number of hydrogen-bond acceptors (Lipinski definition) is 4. The summed E-state index contributed by atoms with van der Waals surface area (Å²) in [6.07, 6.45) is 0. The first-order valence-electron chi connectivity index (χ1n) is 6.15. The normalized spacial score (nSPS) is 20.4. The van der Waals surface area contributed by atoms with Gasteiger partial charge < -0.3 is 10.4 Å². The van der Waals surface area contributed by atoms with Crippen molar-refractivity contribution in [1.29, 1.82) is 0 Å². The molecule has 0 bridgehead atoms. The van der Waals surface area contributed by atoms with E-state index < -0.39 is 38.6 Å². The van der Waals surface area contributed by atoms with E-state index in [4.69, 9.17) is 5.11 Å². The van der Waals surface area contributed by atoms with Crippen LogP contribution >= 0.6 is 0 Å². The molecule has 1 aromatic carbocycles. The third kappa shape index (κ3) is 3.04. The van der Waals surface area contributed by atoms with Gasteiger partial charge in [-0.05, 0) is 24.6 Å². The first-order chi connectivity index (χ1) is 9.73. The largest absolute Gasteiger partial charge is 0.480 e. The number of nitrogens with zero attached hydrogens (tertiary/aromatic N) is 1. The van der Waals surface area contributed by atoms with Crippen molar-refractivity contribution in [2.45, 2.75) is 17.9 Å². The van der Waals surface area contributed by atoms with E-state index in [0.717, 1.165) is 10.4 Å². The molecule has 1 aliphatic rings. The van der Waals surface area contributed by atoms with Crippen LogP contribution in [0.15, 0.2) is 17.0 Å². The lowest BCUT2D eigenvalue weighted by Crippen LogP contribution is -2.55. The minimum absolute atomic E-state index is 0.00447. The van der Waals surface area contributed by atoms with Crippen molar-refractivity contribution in [1.82, 2.24) is 9.62 Å². The van der Waals surface area contributed by atoms with Gasteiger partial charge in [0, 0.05) is 19.6 Å². The van der Waals surface area contributed by atoms with Crippen LogP contribution in [0, 0.1) is 18.6 Å². The predicted octanol–water partition coefficient (Wildman–Crippen LogP) is 0.320. The number of rotatable bonds is 3. The highest BCUT2D eigenvalue weighted by molar-refractivity contribution is 7.89. The third-order valence-electron chi connectivity index (χ3n) is 3.27. The van der Waals surface area contributed by atoms with Crippen LogP contribution in [0.25, 0.3) is 0 Å². The highest BCUT2D eigenvalue weighted by Gasteiger charge is 2.34. The molecule has 1 aromatic rings. The number of piperazine rings is 1. The molecule has 9 heteroatoms. The number of carboxylic acids is 1. The van der Waals surface area contributed by atoms with Gasteiger partial charge in [-0.15, -0.1) is 0 Å². The van der Waals surface area contributed by atoms with E-state index in [1.807, 2.05) is 0 Å². The SMILES string of the molecule is Cc1cc(F)c(S(=O)(=O)N2CCN[C@H](C(=O)O)C2)cc1F. The van der Waals surface area contributed by atoms with Crippen molar-refractivity contribution in [3.05, 3.63) is 29.3 Å². The molecule has 0 amide bonds. The van der Waals surface area contributed by atoms with Crippen LogP contribution in [0.3, 0.4) is 0 Å². The summed E-state index contributed by atoms with van der Waals surface area (Å²) in [7, 11) is -4.28. The minimum atomic E-state index is -4.28. The zero-order valence-corrected chi connectivity index (χ0v) is 12.0. The number of nitrogens with one attached hydrogen (secondary N) is 1. The summed E-state index contributed by atoms with van der Waals surface area (Å²) in [6, 6.07) is 0.351. The summed E-state index contributed by atoms with van der Waals surface area (Å²) >= 11 is 0. The van der Waals surface area contributed by atoms with Gasteiger partial charge in [-0.1, -0.05) is 0 Å². The molecule has 1 heterocycles. The number of halogens is 2. The minimum Gasteiger partial charge on any atom is -0.480 e. The van der Waals surface area contributed by atoms with Gasteiger partial charge in [0.25, 0.3) is 0 Å². The maximum atomic E-state index is 13.8. The molecule has 0 saturated carbocycles. The van der Waals surface area contributed by atoms with Gasteiger partial charge in [-0.3, -0.25) is 4.79 Å². The zero-order valence-electron chi connectivity index (χ0n) is 11.1. The Morgan fingerprint density at radius 2 is 2.05 bits per heavy atom. The van der Waals surface area contributed by atoms with Crippen LogP contribution in [-0.2, 0) is 14.8 Å². The number of aryl methyl sites for hydroxylation is 1.